The van der Waals surface area contributed by atoms with E-state index >= 15 is 0 Å². The molecule has 3 heteroatoms. The van der Waals surface area contributed by atoms with E-state index in [1.54, 1.807) is 7.05 Å². The molecule has 0 radical (unpaired) electrons. The lowest BCUT2D eigenvalue weighted by molar-refractivity contribution is -0.126. The van der Waals surface area contributed by atoms with Gasteiger partial charge in [-0.1, -0.05) is 6.92 Å². The van der Waals surface area contributed by atoms with Crippen LogP contribution in [0.1, 0.15) is 6.92 Å². The Morgan fingerprint density at radius 1 is 1.70 bits per heavy atom. The van der Waals surface area contributed by atoms with Crippen molar-refractivity contribution >= 4 is 5.91 Å². The van der Waals surface area contributed by atoms with E-state index in [-0.39, 0.29) is 11.8 Å². The fourth-order valence-corrected chi connectivity index (χ4v) is 1.11. The second-order valence-electron chi connectivity index (χ2n) is 2.82. The first-order valence-electron chi connectivity index (χ1n) is 3.68. The van der Waals surface area contributed by atoms with Crippen molar-refractivity contribution in [1.29, 1.82) is 0 Å². The lowest BCUT2D eigenvalue weighted by atomic mass is 9.88. The normalized spacial score (nSPS) is 21.4. The summed E-state index contributed by atoms with van der Waals surface area (Å²) in [7, 11) is 1.69. The second-order valence-corrected chi connectivity index (χ2v) is 2.82. The predicted octanol–water partition coefficient (Wildman–Crippen LogP) is -0.412. The molecule has 1 fully saturated rings. The Morgan fingerprint density at radius 3 is 2.60 bits per heavy atom. The van der Waals surface area contributed by atoms with Gasteiger partial charge in [0.1, 0.15) is 0 Å². The zero-order chi connectivity index (χ0) is 7.56. The van der Waals surface area contributed by atoms with Crippen LogP contribution in [0.4, 0.5) is 0 Å². The van der Waals surface area contributed by atoms with Gasteiger partial charge in [-0.15, -0.1) is 0 Å². The van der Waals surface area contributed by atoms with E-state index in [9.17, 15) is 4.79 Å². The fourth-order valence-electron chi connectivity index (χ4n) is 1.11. The van der Waals surface area contributed by atoms with E-state index in [1.807, 2.05) is 6.92 Å². The van der Waals surface area contributed by atoms with Gasteiger partial charge in [0.25, 0.3) is 0 Å². The molecule has 1 rings (SSSR count). The Labute approximate surface area is 61.2 Å². The Balaban J connectivity index is 2.31. The van der Waals surface area contributed by atoms with Crippen LogP contribution in [0.15, 0.2) is 0 Å². The summed E-state index contributed by atoms with van der Waals surface area (Å²) in [5.74, 6) is 0.887. The summed E-state index contributed by atoms with van der Waals surface area (Å²) in [6.07, 6.45) is 0. The number of hydrogen-bond donors (Lipinski definition) is 2. The highest BCUT2D eigenvalue weighted by molar-refractivity contribution is 5.78. The van der Waals surface area contributed by atoms with Crippen LogP contribution in [0, 0.1) is 11.8 Å². The largest absolute Gasteiger partial charge is 0.359 e. The van der Waals surface area contributed by atoms with Crippen LogP contribution in [-0.4, -0.2) is 26.0 Å². The average Bonchev–Trinajstić information content (AvgIpc) is 1.82. The number of hydrogen-bond acceptors (Lipinski definition) is 2. The van der Waals surface area contributed by atoms with E-state index < -0.39 is 0 Å². The summed E-state index contributed by atoms with van der Waals surface area (Å²) in [6.45, 7) is 3.97. The lowest BCUT2D eigenvalue weighted by Crippen LogP contribution is -2.49. The molecule has 1 aliphatic rings. The predicted molar refractivity (Wildman–Crippen MR) is 39.6 cm³/mol. The molecule has 1 heterocycles. The zero-order valence-corrected chi connectivity index (χ0v) is 6.48. The first-order valence-corrected chi connectivity index (χ1v) is 3.68. The highest BCUT2D eigenvalue weighted by Crippen LogP contribution is 2.15. The van der Waals surface area contributed by atoms with Crippen molar-refractivity contribution < 1.29 is 4.79 Å². The molecular weight excluding hydrogens is 128 g/mol. The molecule has 0 aromatic heterocycles. The lowest BCUT2D eigenvalue weighted by Gasteiger charge is -2.31. The molecule has 2 N–H and O–H groups in total. The first-order chi connectivity index (χ1) is 4.75. The van der Waals surface area contributed by atoms with Crippen LogP contribution >= 0.6 is 0 Å². The summed E-state index contributed by atoms with van der Waals surface area (Å²) in [5.41, 5.74) is 0. The third kappa shape index (κ3) is 1.29. The summed E-state index contributed by atoms with van der Waals surface area (Å²) >= 11 is 0. The van der Waals surface area contributed by atoms with Gasteiger partial charge in [-0.05, 0) is 19.0 Å². The zero-order valence-electron chi connectivity index (χ0n) is 6.48. The van der Waals surface area contributed by atoms with Crippen molar-refractivity contribution in [3.8, 4) is 0 Å². The van der Waals surface area contributed by atoms with Gasteiger partial charge in [-0.3, -0.25) is 4.79 Å². The molecular formula is C7H14N2O. The highest BCUT2D eigenvalue weighted by Gasteiger charge is 2.27. The molecule has 0 bridgehead atoms. The van der Waals surface area contributed by atoms with Gasteiger partial charge in [0.15, 0.2) is 0 Å². The minimum Gasteiger partial charge on any atom is -0.359 e. The van der Waals surface area contributed by atoms with Crippen molar-refractivity contribution in [2.75, 3.05) is 20.1 Å². The second kappa shape index (κ2) is 3.01. The van der Waals surface area contributed by atoms with Crippen molar-refractivity contribution in [2.45, 2.75) is 6.92 Å². The monoisotopic (exact) mass is 142 g/mol. The van der Waals surface area contributed by atoms with Crippen molar-refractivity contribution in [3.63, 3.8) is 0 Å². The minimum atomic E-state index is 0.159. The van der Waals surface area contributed by atoms with E-state index in [4.69, 9.17) is 0 Å². The summed E-state index contributed by atoms with van der Waals surface area (Å²) in [5, 5.41) is 5.79. The topological polar surface area (TPSA) is 41.1 Å². The van der Waals surface area contributed by atoms with Crippen LogP contribution in [0.3, 0.4) is 0 Å². The third-order valence-electron chi connectivity index (χ3n) is 2.18. The molecule has 0 aliphatic carbocycles. The van der Waals surface area contributed by atoms with E-state index in [0.29, 0.717) is 5.92 Å². The molecule has 1 amide bonds. The molecule has 3 nitrogen and oxygen atoms in total. The van der Waals surface area contributed by atoms with Gasteiger partial charge in [0, 0.05) is 13.0 Å². The summed E-state index contributed by atoms with van der Waals surface area (Å²) in [6, 6.07) is 0. The number of carbonyl (C=O) groups excluding carboxylic acids is 1. The summed E-state index contributed by atoms with van der Waals surface area (Å²) < 4.78 is 0. The van der Waals surface area contributed by atoms with Crippen LogP contribution in [0.2, 0.25) is 0 Å². The molecule has 1 atom stereocenters. The Kier molecular flexibility index (Phi) is 2.27. The number of amides is 1. The molecule has 1 aliphatic heterocycles. The average molecular weight is 142 g/mol. The smallest absolute Gasteiger partial charge is 0.222 e. The molecule has 1 unspecified atom stereocenters. The maximum absolute atomic E-state index is 11.0. The van der Waals surface area contributed by atoms with Gasteiger partial charge < -0.3 is 10.6 Å². The van der Waals surface area contributed by atoms with E-state index in [1.165, 1.54) is 0 Å². The molecule has 0 spiro atoms. The van der Waals surface area contributed by atoms with Crippen molar-refractivity contribution in [1.82, 2.24) is 10.6 Å². The Bertz CT molecular complexity index is 132. The molecule has 58 valence electrons. The molecule has 0 aromatic carbocycles. The third-order valence-corrected chi connectivity index (χ3v) is 2.18. The molecule has 0 saturated carbocycles. The van der Waals surface area contributed by atoms with Gasteiger partial charge in [0.05, 0.1) is 0 Å². The van der Waals surface area contributed by atoms with Gasteiger partial charge >= 0.3 is 0 Å². The quantitative estimate of drug-likeness (QED) is 0.550. The Hall–Kier alpha value is -0.570. The number of rotatable bonds is 2. The first kappa shape index (κ1) is 7.54. The van der Waals surface area contributed by atoms with Crippen LogP contribution in [0.25, 0.3) is 0 Å². The SMILES string of the molecule is CNC(=O)C(C)C1CNC1. The number of nitrogens with one attached hydrogen (secondary N) is 2. The maximum atomic E-state index is 11.0. The number of carbonyl (C=O) groups is 1. The molecule has 1 saturated heterocycles. The van der Waals surface area contributed by atoms with Gasteiger partial charge in [-0.25, -0.2) is 0 Å². The van der Waals surface area contributed by atoms with E-state index in [2.05, 4.69) is 10.6 Å². The van der Waals surface area contributed by atoms with Crippen molar-refractivity contribution in [2.24, 2.45) is 11.8 Å². The summed E-state index contributed by atoms with van der Waals surface area (Å²) in [4.78, 5) is 11.0. The van der Waals surface area contributed by atoms with E-state index in [0.717, 1.165) is 13.1 Å². The maximum Gasteiger partial charge on any atom is 0.222 e. The van der Waals surface area contributed by atoms with Gasteiger partial charge in [-0.2, -0.15) is 0 Å². The minimum absolute atomic E-state index is 0.159. The Morgan fingerprint density at radius 2 is 2.30 bits per heavy atom. The van der Waals surface area contributed by atoms with Gasteiger partial charge in [0.2, 0.25) is 5.91 Å². The fraction of sp³-hybridized carbons (Fsp3) is 0.857. The van der Waals surface area contributed by atoms with Crippen LogP contribution in [-0.2, 0) is 4.79 Å². The van der Waals surface area contributed by atoms with Crippen LogP contribution < -0.4 is 10.6 Å². The standard InChI is InChI=1S/C7H14N2O/c1-5(7(10)8-2)6-3-9-4-6/h5-6,9H,3-4H2,1-2H3,(H,8,10). The highest BCUT2D eigenvalue weighted by atomic mass is 16.1. The molecule has 0 aromatic rings. The van der Waals surface area contributed by atoms with Crippen LogP contribution in [0.5, 0.6) is 0 Å². The molecule has 10 heavy (non-hydrogen) atoms. The van der Waals surface area contributed by atoms with Crippen molar-refractivity contribution in [3.05, 3.63) is 0 Å².